The molecule has 2 aromatic carbocycles. The van der Waals surface area contributed by atoms with Crippen molar-refractivity contribution in [2.24, 2.45) is 0 Å². The number of rotatable bonds is 8. The summed E-state index contributed by atoms with van der Waals surface area (Å²) in [6.07, 6.45) is 0. The first-order valence-electron chi connectivity index (χ1n) is 7.77. The van der Waals surface area contributed by atoms with Gasteiger partial charge in [0.25, 0.3) is 11.7 Å². The molecule has 150 valence electrons. The summed E-state index contributed by atoms with van der Waals surface area (Å²) in [5.41, 5.74) is 0.319. The molecule has 2 N–H and O–H groups in total. The Bertz CT molecular complexity index is 950. The maximum atomic E-state index is 12.3. The van der Waals surface area contributed by atoms with Crippen molar-refractivity contribution in [2.75, 3.05) is 19.0 Å². The van der Waals surface area contributed by atoms with Crippen LogP contribution in [0.4, 0.5) is 14.5 Å². The van der Waals surface area contributed by atoms with Crippen molar-refractivity contribution in [1.82, 2.24) is 4.72 Å². The quantitative estimate of drug-likeness (QED) is 0.493. The molecule has 0 saturated carbocycles. The van der Waals surface area contributed by atoms with Crippen molar-refractivity contribution in [3.8, 4) is 0 Å². The number of carbonyl (C=O) groups is 2. The zero-order chi connectivity index (χ0) is 20.7. The fraction of sp³-hybridized carbons (Fsp3) is 0.176. The molecule has 2 aromatic rings. The maximum absolute atomic E-state index is 12.3. The van der Waals surface area contributed by atoms with E-state index >= 15 is 0 Å². The van der Waals surface area contributed by atoms with Gasteiger partial charge in [0.15, 0.2) is 6.61 Å². The summed E-state index contributed by atoms with van der Waals surface area (Å²) in [6, 6.07) is 10.9. The molecule has 0 aliphatic carbocycles. The van der Waals surface area contributed by atoms with Crippen molar-refractivity contribution in [3.63, 3.8) is 0 Å². The van der Waals surface area contributed by atoms with Crippen LogP contribution in [-0.4, -0.2) is 39.7 Å². The largest absolute Gasteiger partial charge is 0.452 e. The second kappa shape index (κ2) is 9.62. The molecule has 0 heterocycles. The van der Waals surface area contributed by atoms with Crippen molar-refractivity contribution >= 4 is 39.3 Å². The number of nitrogens with one attached hydrogen (secondary N) is 2. The Hall–Kier alpha value is -2.50. The number of carbonyl (C=O) groups excluding carboxylic acids is 2. The van der Waals surface area contributed by atoms with Crippen LogP contribution in [0, 0.1) is 0 Å². The van der Waals surface area contributed by atoms with E-state index in [9.17, 15) is 26.8 Å². The van der Waals surface area contributed by atoms with E-state index in [1.165, 1.54) is 49.5 Å². The van der Waals surface area contributed by atoms with E-state index in [0.29, 0.717) is 22.3 Å². The van der Waals surface area contributed by atoms with Crippen LogP contribution in [0.15, 0.2) is 58.3 Å². The second-order valence-corrected chi connectivity index (χ2v) is 8.21. The molecule has 28 heavy (non-hydrogen) atoms. The molecular formula is C17H16F2N2O5S2. The van der Waals surface area contributed by atoms with E-state index in [4.69, 9.17) is 4.74 Å². The van der Waals surface area contributed by atoms with Crippen LogP contribution in [0.3, 0.4) is 0 Å². The highest BCUT2D eigenvalue weighted by Gasteiger charge is 2.16. The summed E-state index contributed by atoms with van der Waals surface area (Å²) in [5, 5.41) is 2.46. The number of benzene rings is 2. The summed E-state index contributed by atoms with van der Waals surface area (Å²) in [4.78, 5) is 24.1. The molecule has 0 aliphatic heterocycles. The molecule has 0 radical (unpaired) electrons. The monoisotopic (exact) mass is 430 g/mol. The van der Waals surface area contributed by atoms with Crippen LogP contribution >= 0.6 is 11.8 Å². The second-order valence-electron chi connectivity index (χ2n) is 5.26. The molecule has 11 heteroatoms. The fourth-order valence-corrected chi connectivity index (χ4v) is 3.31. The van der Waals surface area contributed by atoms with E-state index in [2.05, 4.69) is 10.0 Å². The smallest absolute Gasteiger partial charge is 0.338 e. The van der Waals surface area contributed by atoms with Crippen molar-refractivity contribution < 1.29 is 31.5 Å². The first-order chi connectivity index (χ1) is 13.2. The summed E-state index contributed by atoms with van der Waals surface area (Å²) < 4.78 is 55.0. The Balaban J connectivity index is 1.92. The zero-order valence-electron chi connectivity index (χ0n) is 14.5. The number of thioether (sulfide) groups is 1. The highest BCUT2D eigenvalue weighted by atomic mass is 32.2. The van der Waals surface area contributed by atoms with Gasteiger partial charge in [-0.15, -0.1) is 0 Å². The van der Waals surface area contributed by atoms with Crippen molar-refractivity contribution in [2.45, 2.75) is 15.5 Å². The topological polar surface area (TPSA) is 102 Å². The highest BCUT2D eigenvalue weighted by Crippen LogP contribution is 2.26. The number of hydrogen-bond donors (Lipinski definition) is 2. The Labute approximate surface area is 164 Å². The van der Waals surface area contributed by atoms with Gasteiger partial charge in [-0.1, -0.05) is 17.8 Å². The van der Waals surface area contributed by atoms with Gasteiger partial charge in [-0.25, -0.2) is 17.9 Å². The first kappa shape index (κ1) is 21.8. The lowest BCUT2D eigenvalue weighted by Gasteiger charge is -2.08. The lowest BCUT2D eigenvalue weighted by molar-refractivity contribution is -0.119. The van der Waals surface area contributed by atoms with Crippen LogP contribution in [-0.2, 0) is 19.6 Å². The minimum atomic E-state index is -3.72. The van der Waals surface area contributed by atoms with Crippen LogP contribution < -0.4 is 10.0 Å². The van der Waals surface area contributed by atoms with E-state index in [1.807, 2.05) is 0 Å². The SMILES string of the molecule is CNS(=O)(=O)c1cccc(C(=O)OCC(=O)Nc2ccc(SC(F)F)cc2)c1. The lowest BCUT2D eigenvalue weighted by Crippen LogP contribution is -2.21. The zero-order valence-corrected chi connectivity index (χ0v) is 16.1. The van der Waals surface area contributed by atoms with Gasteiger partial charge in [0.2, 0.25) is 10.0 Å². The average Bonchev–Trinajstić information content (AvgIpc) is 2.67. The van der Waals surface area contributed by atoms with Gasteiger partial charge >= 0.3 is 5.97 Å². The van der Waals surface area contributed by atoms with E-state index in [1.54, 1.807) is 0 Å². The van der Waals surface area contributed by atoms with E-state index < -0.39 is 34.3 Å². The van der Waals surface area contributed by atoms with Crippen molar-refractivity contribution in [1.29, 1.82) is 0 Å². The van der Waals surface area contributed by atoms with Gasteiger partial charge in [0, 0.05) is 10.6 Å². The Morgan fingerprint density at radius 3 is 2.43 bits per heavy atom. The predicted molar refractivity (Wildman–Crippen MR) is 99.9 cm³/mol. The van der Waals surface area contributed by atoms with Gasteiger partial charge in [-0.3, -0.25) is 4.79 Å². The molecule has 0 bridgehead atoms. The number of halogens is 2. The van der Waals surface area contributed by atoms with E-state index in [-0.39, 0.29) is 10.5 Å². The standard InChI is InChI=1S/C17H16F2N2O5S2/c1-20-28(24,25)14-4-2-3-11(9-14)16(23)26-10-15(22)21-12-5-7-13(8-6-12)27-17(18)19/h2-9,17,20H,10H2,1H3,(H,21,22). The number of esters is 1. The van der Waals surface area contributed by atoms with Gasteiger partial charge < -0.3 is 10.1 Å². The third-order valence-electron chi connectivity index (χ3n) is 3.35. The van der Waals surface area contributed by atoms with Gasteiger partial charge in [0.1, 0.15) is 0 Å². The number of sulfonamides is 1. The minimum Gasteiger partial charge on any atom is -0.452 e. The van der Waals surface area contributed by atoms with Crippen LogP contribution in [0.2, 0.25) is 0 Å². The van der Waals surface area contributed by atoms with Gasteiger partial charge in [-0.05, 0) is 49.5 Å². The normalized spacial score (nSPS) is 11.3. The molecular weight excluding hydrogens is 414 g/mol. The molecule has 0 aliphatic rings. The third kappa shape index (κ3) is 6.29. The fourth-order valence-electron chi connectivity index (χ4n) is 2.04. The number of hydrogen-bond acceptors (Lipinski definition) is 6. The molecule has 2 rings (SSSR count). The Morgan fingerprint density at radius 2 is 1.82 bits per heavy atom. The maximum Gasteiger partial charge on any atom is 0.338 e. The van der Waals surface area contributed by atoms with Crippen LogP contribution in [0.5, 0.6) is 0 Å². The summed E-state index contributed by atoms with van der Waals surface area (Å²) >= 11 is 0.380. The number of anilines is 1. The number of alkyl halides is 2. The van der Waals surface area contributed by atoms with Crippen LogP contribution in [0.25, 0.3) is 0 Å². The predicted octanol–water partition coefficient (Wildman–Crippen LogP) is 2.70. The van der Waals surface area contributed by atoms with Crippen LogP contribution in [0.1, 0.15) is 10.4 Å². The first-order valence-corrected chi connectivity index (χ1v) is 10.1. The molecule has 0 saturated heterocycles. The molecule has 0 fully saturated rings. The summed E-state index contributed by atoms with van der Waals surface area (Å²) in [7, 11) is -2.48. The average molecular weight is 430 g/mol. The molecule has 0 unspecified atom stereocenters. The molecule has 0 aromatic heterocycles. The lowest BCUT2D eigenvalue weighted by atomic mass is 10.2. The summed E-state index contributed by atoms with van der Waals surface area (Å²) in [6.45, 7) is -0.602. The minimum absolute atomic E-state index is 0.0301. The summed E-state index contributed by atoms with van der Waals surface area (Å²) in [5.74, 6) is -4.05. The highest BCUT2D eigenvalue weighted by molar-refractivity contribution is 7.99. The third-order valence-corrected chi connectivity index (χ3v) is 5.48. The van der Waals surface area contributed by atoms with E-state index in [0.717, 1.165) is 6.07 Å². The Kier molecular flexibility index (Phi) is 7.49. The molecule has 0 spiro atoms. The number of ether oxygens (including phenoxy) is 1. The molecule has 1 amide bonds. The number of amides is 1. The molecule has 7 nitrogen and oxygen atoms in total. The van der Waals surface area contributed by atoms with Crippen molar-refractivity contribution in [3.05, 3.63) is 54.1 Å². The van der Waals surface area contributed by atoms with Gasteiger partial charge in [0.05, 0.1) is 10.5 Å². The molecule has 0 atom stereocenters. The Morgan fingerprint density at radius 1 is 1.14 bits per heavy atom. The van der Waals surface area contributed by atoms with Gasteiger partial charge in [-0.2, -0.15) is 8.78 Å².